The molecule has 1 aromatic heterocycles. The van der Waals surface area contributed by atoms with Gasteiger partial charge in [0.25, 0.3) is 5.56 Å². The molecule has 0 spiro atoms. The lowest BCUT2D eigenvalue weighted by atomic mass is 10.1. The summed E-state index contributed by atoms with van der Waals surface area (Å²) in [6.07, 6.45) is 2.17. The summed E-state index contributed by atoms with van der Waals surface area (Å²) in [4.78, 5) is 42.1. The van der Waals surface area contributed by atoms with Crippen molar-refractivity contribution in [3.63, 3.8) is 0 Å². The van der Waals surface area contributed by atoms with Crippen molar-refractivity contribution in [3.05, 3.63) is 64.2 Å². The summed E-state index contributed by atoms with van der Waals surface area (Å²) in [5, 5.41) is 0.579. The van der Waals surface area contributed by atoms with E-state index in [-0.39, 0.29) is 43.6 Å². The maximum atomic E-state index is 12.9. The summed E-state index contributed by atoms with van der Waals surface area (Å²) >= 11 is 0. The number of aromatic nitrogens is 2. The van der Waals surface area contributed by atoms with Crippen molar-refractivity contribution >= 4 is 22.7 Å². The van der Waals surface area contributed by atoms with E-state index in [1.54, 1.807) is 34.9 Å². The molecule has 0 unspecified atom stereocenters. The molecule has 0 bridgehead atoms. The summed E-state index contributed by atoms with van der Waals surface area (Å²) in [5.41, 5.74) is 0.927. The van der Waals surface area contributed by atoms with Gasteiger partial charge in [0.1, 0.15) is 5.82 Å². The summed E-state index contributed by atoms with van der Waals surface area (Å²) in [6.45, 7) is -0.240. The summed E-state index contributed by atoms with van der Waals surface area (Å²) in [5.74, 6) is 0.810. The van der Waals surface area contributed by atoms with E-state index in [1.807, 2.05) is 12.1 Å². The fourth-order valence-electron chi connectivity index (χ4n) is 3.66. The Morgan fingerprint density at radius 2 is 1.90 bits per heavy atom. The lowest BCUT2D eigenvalue weighted by Crippen LogP contribution is -2.25. The molecule has 0 atom stereocenters. The second-order valence-electron chi connectivity index (χ2n) is 7.60. The van der Waals surface area contributed by atoms with E-state index in [2.05, 4.69) is 4.98 Å². The molecule has 3 aromatic rings. The molecule has 1 saturated carbocycles. The minimum atomic E-state index is -0.515. The van der Waals surface area contributed by atoms with E-state index in [9.17, 15) is 14.4 Å². The summed E-state index contributed by atoms with van der Waals surface area (Å²) in [7, 11) is 0. The molecule has 5 rings (SSSR count). The Morgan fingerprint density at radius 3 is 2.74 bits per heavy atom. The van der Waals surface area contributed by atoms with E-state index in [0.29, 0.717) is 33.8 Å². The predicted molar refractivity (Wildman–Crippen MR) is 110 cm³/mol. The molecule has 8 nitrogen and oxygen atoms in total. The number of ether oxygens (including phenoxy) is 3. The quantitative estimate of drug-likeness (QED) is 0.428. The van der Waals surface area contributed by atoms with Gasteiger partial charge in [0, 0.05) is 18.0 Å². The minimum Gasteiger partial charge on any atom is -0.457 e. The Morgan fingerprint density at radius 1 is 1.10 bits per heavy atom. The Kier molecular flexibility index (Phi) is 4.89. The average Bonchev–Trinajstić information content (AvgIpc) is 3.51. The largest absolute Gasteiger partial charge is 0.457 e. The number of ketones is 1. The first-order valence-electron chi connectivity index (χ1n) is 10.2. The zero-order valence-corrected chi connectivity index (χ0v) is 16.7. The van der Waals surface area contributed by atoms with E-state index in [4.69, 9.17) is 14.2 Å². The molecule has 1 aliphatic carbocycles. The molecule has 0 N–H and O–H groups in total. The van der Waals surface area contributed by atoms with Gasteiger partial charge in [-0.1, -0.05) is 12.1 Å². The van der Waals surface area contributed by atoms with Crippen LogP contribution in [-0.2, 0) is 16.0 Å². The Bertz CT molecular complexity index is 1240. The zero-order valence-electron chi connectivity index (χ0n) is 16.7. The van der Waals surface area contributed by atoms with Gasteiger partial charge in [-0.3, -0.25) is 19.0 Å². The summed E-state index contributed by atoms with van der Waals surface area (Å²) < 4.78 is 17.3. The number of carbonyl (C=O) groups excluding carboxylic acids is 2. The van der Waals surface area contributed by atoms with Gasteiger partial charge in [-0.15, -0.1) is 0 Å². The number of esters is 1. The highest BCUT2D eigenvalue weighted by Gasteiger charge is 2.28. The second-order valence-corrected chi connectivity index (χ2v) is 7.60. The molecule has 0 amide bonds. The molecule has 8 heteroatoms. The van der Waals surface area contributed by atoms with Gasteiger partial charge in [-0.05, 0) is 43.2 Å². The number of rotatable bonds is 7. The molecule has 158 valence electrons. The van der Waals surface area contributed by atoms with Crippen molar-refractivity contribution in [2.24, 2.45) is 0 Å². The number of hydrogen-bond donors (Lipinski definition) is 0. The number of para-hydroxylation sites is 1. The third-order valence-corrected chi connectivity index (χ3v) is 5.40. The van der Waals surface area contributed by atoms with Gasteiger partial charge < -0.3 is 14.2 Å². The number of nitrogens with zero attached hydrogens (tertiary/aromatic N) is 2. The fourth-order valence-corrected chi connectivity index (χ4v) is 3.66. The number of aryl methyl sites for hydroxylation is 1. The van der Waals surface area contributed by atoms with Crippen molar-refractivity contribution < 1.29 is 23.8 Å². The Hall–Kier alpha value is -3.68. The molecule has 2 heterocycles. The highest BCUT2D eigenvalue weighted by atomic mass is 16.7. The van der Waals surface area contributed by atoms with Gasteiger partial charge in [0.15, 0.2) is 23.9 Å². The van der Waals surface area contributed by atoms with Gasteiger partial charge in [0.05, 0.1) is 17.3 Å². The number of carbonyl (C=O) groups is 2. The fraction of sp³-hybridized carbons (Fsp3) is 0.304. The lowest BCUT2D eigenvalue weighted by molar-refractivity contribution is -0.142. The van der Waals surface area contributed by atoms with Crippen molar-refractivity contribution in [1.29, 1.82) is 0 Å². The molecule has 31 heavy (non-hydrogen) atoms. The molecule has 2 aromatic carbocycles. The van der Waals surface area contributed by atoms with Crippen molar-refractivity contribution in [1.82, 2.24) is 9.55 Å². The topological polar surface area (TPSA) is 96.7 Å². The second kappa shape index (κ2) is 7.86. The van der Waals surface area contributed by atoms with Gasteiger partial charge in [-0.2, -0.15) is 0 Å². The number of benzene rings is 2. The lowest BCUT2D eigenvalue weighted by Gasteiger charge is -2.12. The Labute approximate surface area is 177 Å². The first-order valence-corrected chi connectivity index (χ1v) is 10.2. The summed E-state index contributed by atoms with van der Waals surface area (Å²) in [6, 6.07) is 12.2. The molecule has 2 aliphatic rings. The van der Waals surface area contributed by atoms with Crippen molar-refractivity contribution in [2.45, 2.75) is 31.7 Å². The zero-order chi connectivity index (χ0) is 21.4. The predicted octanol–water partition coefficient (Wildman–Crippen LogP) is 2.82. The molecular weight excluding hydrogens is 400 g/mol. The number of hydrogen-bond acceptors (Lipinski definition) is 7. The number of fused-ring (bicyclic) bond motifs is 2. The third kappa shape index (κ3) is 3.88. The highest BCUT2D eigenvalue weighted by Crippen LogP contribution is 2.35. The Balaban J connectivity index is 1.24. The highest BCUT2D eigenvalue weighted by molar-refractivity contribution is 5.98. The average molecular weight is 420 g/mol. The van der Waals surface area contributed by atoms with Crippen LogP contribution in [0.2, 0.25) is 0 Å². The van der Waals surface area contributed by atoms with Crippen LogP contribution in [0.1, 0.15) is 41.5 Å². The maximum Gasteiger partial charge on any atom is 0.306 e. The smallest absolute Gasteiger partial charge is 0.306 e. The molecular formula is C23H20N2O6. The number of Topliss-reactive ketones (excluding diaryl/α,β-unsaturated/α-hetero) is 1. The normalized spacial score (nSPS) is 14.6. The van der Waals surface area contributed by atoms with Crippen LogP contribution in [0, 0.1) is 0 Å². The van der Waals surface area contributed by atoms with Crippen molar-refractivity contribution in [3.8, 4) is 11.5 Å². The molecule has 0 saturated heterocycles. The third-order valence-electron chi connectivity index (χ3n) is 5.40. The van der Waals surface area contributed by atoms with Gasteiger partial charge >= 0.3 is 5.97 Å². The molecule has 0 radical (unpaired) electrons. The minimum absolute atomic E-state index is 0.0336. The van der Waals surface area contributed by atoms with E-state index >= 15 is 0 Å². The SMILES string of the molecule is O=C(CCc1nc2ccccc2c(=O)n1C1CC1)OCC(=O)c1ccc2c(c1)OCO2. The molecule has 1 fully saturated rings. The van der Waals surface area contributed by atoms with Crippen LogP contribution in [0.25, 0.3) is 10.9 Å². The first-order chi connectivity index (χ1) is 15.1. The standard InChI is InChI=1S/C23H20N2O6/c26-18(14-5-8-19-20(11-14)31-13-30-19)12-29-22(27)10-9-21-24-17-4-2-1-3-16(17)23(28)25(21)15-6-7-15/h1-5,8,11,15H,6-7,9-10,12-13H2. The maximum absolute atomic E-state index is 12.9. The first kappa shape index (κ1) is 19.3. The van der Waals surface area contributed by atoms with E-state index in [0.717, 1.165) is 12.8 Å². The van der Waals surface area contributed by atoms with Gasteiger partial charge in [-0.25, -0.2) is 4.98 Å². The van der Waals surface area contributed by atoms with Crippen molar-refractivity contribution in [2.75, 3.05) is 13.4 Å². The van der Waals surface area contributed by atoms with E-state index < -0.39 is 5.97 Å². The van der Waals surface area contributed by atoms with Crippen LogP contribution in [0.3, 0.4) is 0 Å². The molecule has 1 aliphatic heterocycles. The van der Waals surface area contributed by atoms with Crippen LogP contribution in [-0.4, -0.2) is 34.7 Å². The van der Waals surface area contributed by atoms with Crippen LogP contribution in [0.4, 0.5) is 0 Å². The monoisotopic (exact) mass is 420 g/mol. The van der Waals surface area contributed by atoms with Crippen LogP contribution in [0.15, 0.2) is 47.3 Å². The van der Waals surface area contributed by atoms with Crippen LogP contribution in [0.5, 0.6) is 11.5 Å². The van der Waals surface area contributed by atoms with Crippen LogP contribution < -0.4 is 15.0 Å². The van der Waals surface area contributed by atoms with Gasteiger partial charge in [0.2, 0.25) is 6.79 Å². The van der Waals surface area contributed by atoms with Crippen LogP contribution >= 0.6 is 0 Å². The van der Waals surface area contributed by atoms with E-state index in [1.165, 1.54) is 0 Å².